The first kappa shape index (κ1) is 15.5. The Balaban J connectivity index is 2.73. The van der Waals surface area contributed by atoms with Crippen molar-refractivity contribution in [2.24, 2.45) is 5.92 Å². The molecule has 0 saturated heterocycles. The first-order valence-electron chi connectivity index (χ1n) is 5.83. The van der Waals surface area contributed by atoms with Crippen LogP contribution in [0.25, 0.3) is 0 Å². The fourth-order valence-electron chi connectivity index (χ4n) is 1.68. The standard InChI is InChI=1S/C13H17BrClNO2/c1-3-16(7-9(2)13(17)18)8-10-6-11(15)4-5-12(10)14/h4-6,9H,3,7-8H2,1-2H3,(H,17,18). The molecule has 0 saturated carbocycles. The summed E-state index contributed by atoms with van der Waals surface area (Å²) in [6, 6.07) is 5.64. The zero-order valence-corrected chi connectivity index (χ0v) is 12.8. The molecule has 0 aliphatic rings. The quantitative estimate of drug-likeness (QED) is 0.863. The van der Waals surface area contributed by atoms with Crippen molar-refractivity contribution in [1.29, 1.82) is 0 Å². The number of hydrogen-bond donors (Lipinski definition) is 1. The lowest BCUT2D eigenvalue weighted by atomic mass is 10.1. The lowest BCUT2D eigenvalue weighted by molar-refractivity contribution is -0.141. The molecule has 0 aliphatic carbocycles. The summed E-state index contributed by atoms with van der Waals surface area (Å²) < 4.78 is 0.994. The summed E-state index contributed by atoms with van der Waals surface area (Å²) in [4.78, 5) is 13.0. The Kier molecular flexibility index (Phi) is 6.12. The average molecular weight is 335 g/mol. The summed E-state index contributed by atoms with van der Waals surface area (Å²) >= 11 is 9.45. The topological polar surface area (TPSA) is 40.5 Å². The van der Waals surface area contributed by atoms with Crippen LogP contribution < -0.4 is 0 Å². The number of carboxylic acid groups (broad SMARTS) is 1. The van der Waals surface area contributed by atoms with E-state index >= 15 is 0 Å². The first-order chi connectivity index (χ1) is 8.43. The Hall–Kier alpha value is -0.580. The molecule has 0 bridgehead atoms. The Labute approximate surface area is 121 Å². The lowest BCUT2D eigenvalue weighted by Crippen LogP contribution is -2.31. The predicted molar refractivity (Wildman–Crippen MR) is 76.9 cm³/mol. The minimum absolute atomic E-state index is 0.372. The van der Waals surface area contributed by atoms with Crippen molar-refractivity contribution in [2.75, 3.05) is 13.1 Å². The number of hydrogen-bond acceptors (Lipinski definition) is 2. The molecule has 1 aromatic carbocycles. The third-order valence-electron chi connectivity index (χ3n) is 2.80. The van der Waals surface area contributed by atoms with E-state index in [0.717, 1.165) is 16.6 Å². The van der Waals surface area contributed by atoms with Crippen LogP contribution in [0.4, 0.5) is 0 Å². The number of benzene rings is 1. The van der Waals surface area contributed by atoms with E-state index in [1.807, 2.05) is 25.1 Å². The molecule has 0 heterocycles. The number of nitrogens with zero attached hydrogens (tertiary/aromatic N) is 1. The van der Waals surface area contributed by atoms with Crippen molar-refractivity contribution in [3.63, 3.8) is 0 Å². The van der Waals surface area contributed by atoms with Crippen molar-refractivity contribution < 1.29 is 9.90 Å². The van der Waals surface area contributed by atoms with Crippen molar-refractivity contribution in [3.05, 3.63) is 33.3 Å². The Morgan fingerprint density at radius 3 is 2.78 bits per heavy atom. The summed E-state index contributed by atoms with van der Waals surface area (Å²) in [6.45, 7) is 5.77. The van der Waals surface area contributed by atoms with Crippen LogP contribution in [0.15, 0.2) is 22.7 Å². The van der Waals surface area contributed by atoms with E-state index in [9.17, 15) is 4.79 Å². The van der Waals surface area contributed by atoms with Gasteiger partial charge in [-0.25, -0.2) is 0 Å². The number of carbonyl (C=O) groups is 1. The molecule has 0 spiro atoms. The van der Waals surface area contributed by atoms with Crippen LogP contribution in [0.5, 0.6) is 0 Å². The average Bonchev–Trinajstić information content (AvgIpc) is 2.32. The van der Waals surface area contributed by atoms with E-state index in [2.05, 4.69) is 20.8 Å². The highest BCUT2D eigenvalue weighted by Crippen LogP contribution is 2.22. The van der Waals surface area contributed by atoms with Crippen LogP contribution in [0, 0.1) is 5.92 Å². The summed E-state index contributed by atoms with van der Waals surface area (Å²) in [6.07, 6.45) is 0. The van der Waals surface area contributed by atoms with Gasteiger partial charge in [0.1, 0.15) is 0 Å². The molecule has 1 atom stereocenters. The van der Waals surface area contributed by atoms with E-state index in [4.69, 9.17) is 16.7 Å². The van der Waals surface area contributed by atoms with Crippen LogP contribution in [0.2, 0.25) is 5.02 Å². The van der Waals surface area contributed by atoms with Gasteiger partial charge in [0.2, 0.25) is 0 Å². The van der Waals surface area contributed by atoms with Gasteiger partial charge < -0.3 is 5.11 Å². The molecule has 100 valence electrons. The molecule has 0 amide bonds. The van der Waals surface area contributed by atoms with E-state index in [-0.39, 0.29) is 5.92 Å². The van der Waals surface area contributed by atoms with Crippen molar-refractivity contribution in [1.82, 2.24) is 4.90 Å². The molecule has 1 rings (SSSR count). The molecular formula is C13H17BrClNO2. The smallest absolute Gasteiger partial charge is 0.307 e. The van der Waals surface area contributed by atoms with Crippen LogP contribution in [-0.2, 0) is 11.3 Å². The highest BCUT2D eigenvalue weighted by molar-refractivity contribution is 9.10. The molecule has 0 fully saturated rings. The van der Waals surface area contributed by atoms with Gasteiger partial charge in [-0.1, -0.05) is 41.4 Å². The molecule has 3 nitrogen and oxygen atoms in total. The number of halogens is 2. The van der Waals surface area contributed by atoms with Crippen LogP contribution in [0.1, 0.15) is 19.4 Å². The molecule has 0 radical (unpaired) electrons. The molecule has 5 heteroatoms. The minimum atomic E-state index is -0.765. The van der Waals surface area contributed by atoms with Gasteiger partial charge in [0, 0.05) is 22.6 Å². The van der Waals surface area contributed by atoms with Crippen molar-refractivity contribution >= 4 is 33.5 Å². The normalized spacial score (nSPS) is 12.7. The Bertz CT molecular complexity index is 425. The minimum Gasteiger partial charge on any atom is -0.481 e. The molecule has 18 heavy (non-hydrogen) atoms. The zero-order chi connectivity index (χ0) is 13.7. The fraction of sp³-hybridized carbons (Fsp3) is 0.462. The maximum Gasteiger partial charge on any atom is 0.307 e. The van der Waals surface area contributed by atoms with E-state index < -0.39 is 5.97 Å². The van der Waals surface area contributed by atoms with Gasteiger partial charge in [-0.15, -0.1) is 0 Å². The van der Waals surface area contributed by atoms with E-state index in [1.165, 1.54) is 0 Å². The van der Waals surface area contributed by atoms with Crippen LogP contribution in [-0.4, -0.2) is 29.1 Å². The van der Waals surface area contributed by atoms with Gasteiger partial charge in [-0.3, -0.25) is 9.69 Å². The third kappa shape index (κ3) is 4.59. The third-order valence-corrected chi connectivity index (χ3v) is 3.81. The van der Waals surface area contributed by atoms with Gasteiger partial charge in [0.05, 0.1) is 5.92 Å². The fourth-order valence-corrected chi connectivity index (χ4v) is 2.24. The number of aliphatic carboxylic acids is 1. The van der Waals surface area contributed by atoms with Crippen molar-refractivity contribution in [2.45, 2.75) is 20.4 Å². The van der Waals surface area contributed by atoms with Gasteiger partial charge in [-0.05, 0) is 30.3 Å². The second-order valence-electron chi connectivity index (χ2n) is 4.30. The molecule has 1 N–H and O–H groups in total. The maximum absolute atomic E-state index is 10.9. The Morgan fingerprint density at radius 1 is 1.56 bits per heavy atom. The van der Waals surface area contributed by atoms with Gasteiger partial charge in [0.15, 0.2) is 0 Å². The predicted octanol–water partition coefficient (Wildman–Crippen LogP) is 3.65. The van der Waals surface area contributed by atoms with E-state index in [0.29, 0.717) is 18.1 Å². The molecule has 1 aromatic rings. The summed E-state index contributed by atoms with van der Waals surface area (Å²) in [7, 11) is 0. The van der Waals surface area contributed by atoms with Crippen LogP contribution >= 0.6 is 27.5 Å². The Morgan fingerprint density at radius 2 is 2.22 bits per heavy atom. The summed E-state index contributed by atoms with van der Waals surface area (Å²) in [5, 5.41) is 9.62. The second kappa shape index (κ2) is 7.12. The monoisotopic (exact) mass is 333 g/mol. The van der Waals surface area contributed by atoms with E-state index in [1.54, 1.807) is 6.92 Å². The summed E-state index contributed by atoms with van der Waals surface area (Å²) in [5.41, 5.74) is 1.07. The number of carboxylic acids is 1. The zero-order valence-electron chi connectivity index (χ0n) is 10.5. The van der Waals surface area contributed by atoms with Crippen LogP contribution in [0.3, 0.4) is 0 Å². The number of rotatable bonds is 6. The summed E-state index contributed by atoms with van der Waals surface area (Å²) in [5.74, 6) is -1.14. The molecule has 0 aromatic heterocycles. The molecule has 0 aliphatic heterocycles. The highest BCUT2D eigenvalue weighted by atomic mass is 79.9. The maximum atomic E-state index is 10.9. The highest BCUT2D eigenvalue weighted by Gasteiger charge is 2.16. The first-order valence-corrected chi connectivity index (χ1v) is 7.00. The molecular weight excluding hydrogens is 318 g/mol. The largest absolute Gasteiger partial charge is 0.481 e. The van der Waals surface area contributed by atoms with Gasteiger partial charge in [0.25, 0.3) is 0 Å². The molecule has 1 unspecified atom stereocenters. The second-order valence-corrected chi connectivity index (χ2v) is 5.59. The lowest BCUT2D eigenvalue weighted by Gasteiger charge is -2.23. The van der Waals surface area contributed by atoms with Gasteiger partial charge in [-0.2, -0.15) is 0 Å². The van der Waals surface area contributed by atoms with Gasteiger partial charge >= 0.3 is 5.97 Å². The van der Waals surface area contributed by atoms with Crippen molar-refractivity contribution in [3.8, 4) is 0 Å². The SMILES string of the molecule is CCN(Cc1cc(Cl)ccc1Br)CC(C)C(=O)O.